The van der Waals surface area contributed by atoms with Gasteiger partial charge in [-0.05, 0) is 103 Å². The van der Waals surface area contributed by atoms with Crippen LogP contribution >= 0.6 is 0 Å². The summed E-state index contributed by atoms with van der Waals surface area (Å²) >= 11 is 0. The molecule has 8 rings (SSSR count). The second kappa shape index (κ2) is 7.81. The van der Waals surface area contributed by atoms with Crippen LogP contribution in [-0.4, -0.2) is 18.3 Å². The number of amides is 1. The number of rotatable bonds is 5. The monoisotopic (exact) mass is 463 g/mol. The van der Waals surface area contributed by atoms with Crippen LogP contribution in [0.15, 0.2) is 66.7 Å². The Labute approximate surface area is 205 Å². The second-order valence-electron chi connectivity index (χ2n) is 11.2. The van der Waals surface area contributed by atoms with Crippen LogP contribution in [0, 0.1) is 17.8 Å². The predicted octanol–water partition coefficient (Wildman–Crippen LogP) is 6.38. The molecule has 176 valence electrons. The van der Waals surface area contributed by atoms with E-state index in [-0.39, 0.29) is 18.3 Å². The highest BCUT2D eigenvalue weighted by atomic mass is 16.5. The molecule has 0 heterocycles. The van der Waals surface area contributed by atoms with E-state index < -0.39 is 0 Å². The van der Waals surface area contributed by atoms with Crippen LogP contribution < -0.4 is 10.1 Å². The van der Waals surface area contributed by atoms with Crippen LogP contribution in [0.1, 0.15) is 60.0 Å². The van der Waals surface area contributed by atoms with E-state index in [2.05, 4.69) is 17.4 Å². The first-order valence-electron chi connectivity index (χ1n) is 12.9. The fourth-order valence-corrected chi connectivity index (χ4v) is 7.82. The van der Waals surface area contributed by atoms with Gasteiger partial charge in [-0.2, -0.15) is 0 Å². The summed E-state index contributed by atoms with van der Waals surface area (Å²) in [6, 6.07) is 21.6. The largest absolute Gasteiger partial charge is 0.484 e. The zero-order valence-electron chi connectivity index (χ0n) is 19.8. The maximum absolute atomic E-state index is 12.7. The lowest BCUT2D eigenvalue weighted by molar-refractivity contribution is -0.118. The Kier molecular flexibility index (Phi) is 4.67. The van der Waals surface area contributed by atoms with E-state index in [1.165, 1.54) is 44.1 Å². The van der Waals surface area contributed by atoms with Gasteiger partial charge >= 0.3 is 0 Å². The Hall–Kier alpha value is -3.40. The summed E-state index contributed by atoms with van der Waals surface area (Å²) in [7, 11) is 0. The van der Waals surface area contributed by atoms with Crippen LogP contribution in [0.5, 0.6) is 5.75 Å². The molecule has 0 aromatic heterocycles. The third-order valence-corrected chi connectivity index (χ3v) is 8.88. The number of ether oxygens (including phenoxy) is 1. The highest BCUT2D eigenvalue weighted by Gasteiger charge is 2.51. The lowest BCUT2D eigenvalue weighted by Crippen LogP contribution is -2.48. The van der Waals surface area contributed by atoms with Crippen molar-refractivity contribution in [2.75, 3.05) is 11.9 Å². The molecule has 4 bridgehead atoms. The molecule has 1 amide bonds. The molecule has 5 aliphatic rings. The number of carbonyl (C=O) groups is 2. The quantitative estimate of drug-likeness (QED) is 0.373. The number of hydrogen-bond donors (Lipinski definition) is 1. The number of nitrogens with one attached hydrogen (secondary N) is 1. The van der Waals surface area contributed by atoms with Crippen molar-refractivity contribution in [2.45, 2.75) is 43.9 Å². The smallest absolute Gasteiger partial charge is 0.262 e. The normalized spacial score (nSPS) is 27.4. The van der Waals surface area contributed by atoms with E-state index in [1.807, 2.05) is 48.5 Å². The number of hydrogen-bond acceptors (Lipinski definition) is 3. The molecule has 1 N–H and O–H groups in total. The third kappa shape index (κ3) is 3.50. The van der Waals surface area contributed by atoms with E-state index in [0.717, 1.165) is 28.9 Å². The molecule has 0 spiro atoms. The summed E-state index contributed by atoms with van der Waals surface area (Å²) in [6.07, 6.45) is 8.37. The van der Waals surface area contributed by atoms with Gasteiger partial charge in [0, 0.05) is 16.8 Å². The van der Waals surface area contributed by atoms with E-state index >= 15 is 0 Å². The van der Waals surface area contributed by atoms with Gasteiger partial charge in [0.25, 0.3) is 5.91 Å². The molecule has 4 saturated carbocycles. The summed E-state index contributed by atoms with van der Waals surface area (Å²) in [4.78, 5) is 25.3. The Balaban J connectivity index is 0.995. The summed E-state index contributed by atoms with van der Waals surface area (Å²) in [6.45, 7) is -0.0675. The third-order valence-electron chi connectivity index (χ3n) is 8.88. The molecule has 4 nitrogen and oxygen atoms in total. The second-order valence-corrected chi connectivity index (χ2v) is 11.2. The maximum Gasteiger partial charge on any atom is 0.262 e. The molecule has 3 aromatic carbocycles. The van der Waals surface area contributed by atoms with Crippen molar-refractivity contribution in [3.8, 4) is 16.9 Å². The van der Waals surface area contributed by atoms with Crippen molar-refractivity contribution in [1.82, 2.24) is 0 Å². The van der Waals surface area contributed by atoms with Crippen molar-refractivity contribution >= 4 is 17.4 Å². The SMILES string of the molecule is O=C(COc1ccc(C23CC4CC(CC(C4)C2)C3)cc1)Nc1ccc2c(c1)C(=O)c1ccccc1-2. The summed E-state index contributed by atoms with van der Waals surface area (Å²) < 4.78 is 5.80. The standard InChI is InChI=1S/C31H29NO3/c33-29(32-23-7-10-26-25-3-1-2-4-27(25)30(34)28(26)14-23)18-35-24-8-5-22(6-9-24)31-15-19-11-20(16-31)13-21(12-19)17-31/h1-10,14,19-21H,11-13,15-18H2,(H,32,33). The van der Waals surface area contributed by atoms with Crippen LogP contribution in [0.4, 0.5) is 5.69 Å². The van der Waals surface area contributed by atoms with Gasteiger partial charge in [-0.15, -0.1) is 0 Å². The molecule has 5 aliphatic carbocycles. The lowest BCUT2D eigenvalue weighted by Gasteiger charge is -2.57. The predicted molar refractivity (Wildman–Crippen MR) is 136 cm³/mol. The first-order chi connectivity index (χ1) is 17.1. The maximum atomic E-state index is 12.7. The fourth-order valence-electron chi connectivity index (χ4n) is 7.82. The van der Waals surface area contributed by atoms with Gasteiger partial charge in [0.05, 0.1) is 0 Å². The summed E-state index contributed by atoms with van der Waals surface area (Å²) in [5.74, 6) is 3.24. The molecule has 35 heavy (non-hydrogen) atoms. The molecule has 0 saturated heterocycles. The minimum absolute atomic E-state index is 0.00191. The van der Waals surface area contributed by atoms with Crippen molar-refractivity contribution in [1.29, 1.82) is 0 Å². The highest BCUT2D eigenvalue weighted by Crippen LogP contribution is 2.60. The van der Waals surface area contributed by atoms with Gasteiger partial charge in [-0.3, -0.25) is 9.59 Å². The van der Waals surface area contributed by atoms with Gasteiger partial charge in [0.1, 0.15) is 5.75 Å². The molecule has 0 atom stereocenters. The van der Waals surface area contributed by atoms with Crippen molar-refractivity contribution in [2.24, 2.45) is 17.8 Å². The van der Waals surface area contributed by atoms with Gasteiger partial charge in [0.15, 0.2) is 12.4 Å². The first kappa shape index (κ1) is 20.9. The van der Waals surface area contributed by atoms with Gasteiger partial charge in [0.2, 0.25) is 0 Å². The van der Waals surface area contributed by atoms with Crippen molar-refractivity contribution < 1.29 is 14.3 Å². The summed E-state index contributed by atoms with van der Waals surface area (Å²) in [5, 5.41) is 2.87. The van der Waals surface area contributed by atoms with Crippen LogP contribution in [-0.2, 0) is 10.2 Å². The fraction of sp³-hybridized carbons (Fsp3) is 0.355. The van der Waals surface area contributed by atoms with E-state index in [9.17, 15) is 9.59 Å². The molecule has 0 radical (unpaired) electrons. The topological polar surface area (TPSA) is 55.4 Å². The Morgan fingerprint density at radius 2 is 1.43 bits per heavy atom. The average molecular weight is 464 g/mol. The number of fused-ring (bicyclic) bond motifs is 3. The first-order valence-corrected chi connectivity index (χ1v) is 12.9. The Morgan fingerprint density at radius 3 is 2.11 bits per heavy atom. The van der Waals surface area contributed by atoms with Gasteiger partial charge in [-0.1, -0.05) is 42.5 Å². The van der Waals surface area contributed by atoms with Gasteiger partial charge < -0.3 is 10.1 Å². The van der Waals surface area contributed by atoms with E-state index in [4.69, 9.17) is 4.74 Å². The van der Waals surface area contributed by atoms with Crippen molar-refractivity contribution in [3.63, 3.8) is 0 Å². The number of carbonyl (C=O) groups excluding carboxylic acids is 2. The molecule has 0 aliphatic heterocycles. The van der Waals surface area contributed by atoms with Crippen LogP contribution in [0.3, 0.4) is 0 Å². The zero-order chi connectivity index (χ0) is 23.6. The van der Waals surface area contributed by atoms with Crippen LogP contribution in [0.25, 0.3) is 11.1 Å². The van der Waals surface area contributed by atoms with E-state index in [0.29, 0.717) is 28.0 Å². The molecule has 3 aromatic rings. The number of benzene rings is 3. The zero-order valence-corrected chi connectivity index (χ0v) is 19.8. The van der Waals surface area contributed by atoms with Crippen molar-refractivity contribution in [3.05, 3.63) is 83.4 Å². The average Bonchev–Trinajstić information content (AvgIpc) is 3.14. The van der Waals surface area contributed by atoms with E-state index in [1.54, 1.807) is 6.07 Å². The number of ketones is 1. The Morgan fingerprint density at radius 1 is 0.800 bits per heavy atom. The summed E-state index contributed by atoms with van der Waals surface area (Å²) in [5.41, 5.74) is 5.64. The number of anilines is 1. The molecule has 4 fully saturated rings. The molecule has 4 heteroatoms. The molecular formula is C31H29NO3. The Bertz CT molecular complexity index is 1300. The highest BCUT2D eigenvalue weighted by molar-refractivity contribution is 6.22. The van der Waals surface area contributed by atoms with Crippen LogP contribution in [0.2, 0.25) is 0 Å². The molecule has 0 unspecified atom stereocenters. The minimum Gasteiger partial charge on any atom is -0.484 e. The molecular weight excluding hydrogens is 434 g/mol. The van der Waals surface area contributed by atoms with Gasteiger partial charge in [-0.25, -0.2) is 0 Å². The lowest BCUT2D eigenvalue weighted by atomic mass is 9.48. The minimum atomic E-state index is -0.238.